The van der Waals surface area contributed by atoms with Gasteiger partial charge in [-0.1, -0.05) is 22.4 Å². The second kappa shape index (κ2) is 5.49. The van der Waals surface area contributed by atoms with Gasteiger partial charge in [0, 0.05) is 17.3 Å². The van der Waals surface area contributed by atoms with E-state index in [1.807, 2.05) is 0 Å². The smallest absolute Gasteiger partial charge is 0.137 e. The molecule has 1 saturated carbocycles. The van der Waals surface area contributed by atoms with Crippen molar-refractivity contribution in [3.63, 3.8) is 0 Å². The van der Waals surface area contributed by atoms with E-state index in [0.717, 1.165) is 23.7 Å². The summed E-state index contributed by atoms with van der Waals surface area (Å²) < 4.78 is 14.3. The molecule has 1 fully saturated rings. The van der Waals surface area contributed by atoms with Gasteiger partial charge in [0.05, 0.1) is 0 Å². The summed E-state index contributed by atoms with van der Waals surface area (Å²) in [4.78, 5) is 12.0. The van der Waals surface area contributed by atoms with Crippen molar-refractivity contribution < 1.29 is 9.18 Å². The first kappa shape index (κ1) is 13.7. The molecule has 0 bridgehead atoms. The number of hydrogen-bond donors (Lipinski definition) is 1. The van der Waals surface area contributed by atoms with E-state index in [9.17, 15) is 9.18 Å². The molecule has 4 heteroatoms. The predicted octanol–water partition coefficient (Wildman–Crippen LogP) is 3.22. The van der Waals surface area contributed by atoms with Gasteiger partial charge in [-0.25, -0.2) is 4.39 Å². The molecular weight excluding hydrogens is 297 g/mol. The maximum Gasteiger partial charge on any atom is 0.137 e. The lowest BCUT2D eigenvalue weighted by Gasteiger charge is -2.40. The molecule has 0 spiro atoms. The molecule has 1 aromatic carbocycles. The van der Waals surface area contributed by atoms with Crippen LogP contribution in [0.15, 0.2) is 22.7 Å². The highest BCUT2D eigenvalue weighted by atomic mass is 79.9. The van der Waals surface area contributed by atoms with Crippen LogP contribution in [-0.4, -0.2) is 12.3 Å². The van der Waals surface area contributed by atoms with Gasteiger partial charge in [-0.3, -0.25) is 4.79 Å². The molecule has 0 amide bonds. The van der Waals surface area contributed by atoms with Gasteiger partial charge in [0.25, 0.3) is 0 Å². The monoisotopic (exact) mass is 313 g/mol. The summed E-state index contributed by atoms with van der Waals surface area (Å²) >= 11 is 3.29. The standard InChI is InChI=1S/C14H17BrFNO/c15-11-2-3-13(16)10(6-11)7-12(18)8-14(9-17)4-1-5-14/h2-3,6H,1,4-5,7-9,17H2. The molecule has 2 rings (SSSR count). The molecule has 0 aromatic heterocycles. The number of rotatable bonds is 5. The molecule has 98 valence electrons. The molecule has 2 nitrogen and oxygen atoms in total. The lowest BCUT2D eigenvalue weighted by molar-refractivity contribution is -0.122. The van der Waals surface area contributed by atoms with E-state index in [2.05, 4.69) is 15.9 Å². The van der Waals surface area contributed by atoms with Crippen LogP contribution >= 0.6 is 15.9 Å². The van der Waals surface area contributed by atoms with Crippen molar-refractivity contribution in [2.24, 2.45) is 11.1 Å². The van der Waals surface area contributed by atoms with Gasteiger partial charge >= 0.3 is 0 Å². The van der Waals surface area contributed by atoms with E-state index in [4.69, 9.17) is 5.73 Å². The largest absolute Gasteiger partial charge is 0.330 e. The minimum atomic E-state index is -0.318. The molecule has 0 atom stereocenters. The minimum Gasteiger partial charge on any atom is -0.330 e. The number of benzene rings is 1. The maximum absolute atomic E-state index is 13.5. The quantitative estimate of drug-likeness (QED) is 0.907. The fraction of sp³-hybridized carbons (Fsp3) is 0.500. The van der Waals surface area contributed by atoms with Crippen LogP contribution in [-0.2, 0) is 11.2 Å². The lowest BCUT2D eigenvalue weighted by Crippen LogP contribution is -2.39. The predicted molar refractivity (Wildman–Crippen MR) is 72.8 cm³/mol. The zero-order chi connectivity index (χ0) is 13.2. The zero-order valence-corrected chi connectivity index (χ0v) is 11.8. The van der Waals surface area contributed by atoms with Gasteiger partial charge in [0.15, 0.2) is 0 Å². The topological polar surface area (TPSA) is 43.1 Å². The van der Waals surface area contributed by atoms with Crippen LogP contribution in [0.3, 0.4) is 0 Å². The Morgan fingerprint density at radius 2 is 2.17 bits per heavy atom. The van der Waals surface area contributed by atoms with Crippen molar-refractivity contribution >= 4 is 21.7 Å². The van der Waals surface area contributed by atoms with Crippen LogP contribution in [0.1, 0.15) is 31.2 Å². The van der Waals surface area contributed by atoms with Gasteiger partial charge in [0.1, 0.15) is 11.6 Å². The first-order chi connectivity index (χ1) is 8.54. The van der Waals surface area contributed by atoms with Gasteiger partial charge in [-0.15, -0.1) is 0 Å². The van der Waals surface area contributed by atoms with E-state index in [1.54, 1.807) is 12.1 Å². The first-order valence-corrected chi connectivity index (χ1v) is 7.00. The molecule has 2 N–H and O–H groups in total. The molecule has 0 heterocycles. The van der Waals surface area contributed by atoms with Gasteiger partial charge in [-0.05, 0) is 48.6 Å². The highest BCUT2D eigenvalue weighted by molar-refractivity contribution is 9.10. The van der Waals surface area contributed by atoms with Crippen molar-refractivity contribution in [3.05, 3.63) is 34.1 Å². The Balaban J connectivity index is 2.00. The Hall–Kier alpha value is -0.740. The summed E-state index contributed by atoms with van der Waals surface area (Å²) in [5, 5.41) is 0. The molecule has 18 heavy (non-hydrogen) atoms. The number of halogens is 2. The van der Waals surface area contributed by atoms with Crippen LogP contribution in [0.5, 0.6) is 0 Å². The average molecular weight is 314 g/mol. The highest BCUT2D eigenvalue weighted by Crippen LogP contribution is 2.43. The van der Waals surface area contributed by atoms with Crippen molar-refractivity contribution in [1.82, 2.24) is 0 Å². The Labute approximate surface area is 115 Å². The molecule has 0 saturated heterocycles. The van der Waals surface area contributed by atoms with Gasteiger partial charge in [-0.2, -0.15) is 0 Å². The Kier molecular flexibility index (Phi) is 4.17. The van der Waals surface area contributed by atoms with Crippen molar-refractivity contribution in [3.8, 4) is 0 Å². The third-order valence-corrected chi connectivity index (χ3v) is 4.31. The maximum atomic E-state index is 13.5. The molecule has 1 aliphatic rings. The van der Waals surface area contributed by atoms with Crippen molar-refractivity contribution in [2.75, 3.05) is 6.54 Å². The van der Waals surface area contributed by atoms with E-state index < -0.39 is 0 Å². The minimum absolute atomic E-state index is 0.000425. The van der Waals surface area contributed by atoms with Crippen molar-refractivity contribution in [1.29, 1.82) is 0 Å². The molecule has 0 unspecified atom stereocenters. The summed E-state index contributed by atoms with van der Waals surface area (Å²) in [6, 6.07) is 4.69. The summed E-state index contributed by atoms with van der Waals surface area (Å²) in [5.41, 5.74) is 6.19. The van der Waals surface area contributed by atoms with E-state index in [1.165, 1.54) is 6.07 Å². The fourth-order valence-electron chi connectivity index (χ4n) is 2.50. The highest BCUT2D eigenvalue weighted by Gasteiger charge is 2.37. The third kappa shape index (κ3) is 2.98. The summed E-state index contributed by atoms with van der Waals surface area (Å²) in [7, 11) is 0. The second-order valence-electron chi connectivity index (χ2n) is 5.19. The lowest BCUT2D eigenvalue weighted by atomic mass is 9.65. The molecule has 0 aliphatic heterocycles. The van der Waals surface area contributed by atoms with Crippen LogP contribution in [0.25, 0.3) is 0 Å². The number of hydrogen-bond acceptors (Lipinski definition) is 2. The SMILES string of the molecule is NCC1(CC(=O)Cc2cc(Br)ccc2F)CCC1. The Morgan fingerprint density at radius 3 is 2.72 bits per heavy atom. The summed E-state index contributed by atoms with van der Waals surface area (Å²) in [6.07, 6.45) is 3.84. The number of Topliss-reactive ketones (excluding diaryl/α,β-unsaturated/α-hetero) is 1. The van der Waals surface area contributed by atoms with Crippen LogP contribution < -0.4 is 5.73 Å². The van der Waals surface area contributed by atoms with Crippen LogP contribution in [0.2, 0.25) is 0 Å². The van der Waals surface area contributed by atoms with E-state index in [0.29, 0.717) is 18.5 Å². The number of ketones is 1. The van der Waals surface area contributed by atoms with Gasteiger partial charge in [0.2, 0.25) is 0 Å². The van der Waals surface area contributed by atoms with E-state index >= 15 is 0 Å². The molecule has 0 radical (unpaired) electrons. The summed E-state index contributed by atoms with van der Waals surface area (Å²) in [6.45, 7) is 0.555. The Morgan fingerprint density at radius 1 is 1.44 bits per heavy atom. The first-order valence-electron chi connectivity index (χ1n) is 6.20. The van der Waals surface area contributed by atoms with Crippen molar-refractivity contribution in [2.45, 2.75) is 32.1 Å². The molecule has 1 aliphatic carbocycles. The van der Waals surface area contributed by atoms with Crippen LogP contribution in [0, 0.1) is 11.2 Å². The van der Waals surface area contributed by atoms with E-state index in [-0.39, 0.29) is 23.4 Å². The normalized spacial score (nSPS) is 17.3. The Bertz CT molecular complexity index is 452. The third-order valence-electron chi connectivity index (χ3n) is 3.81. The van der Waals surface area contributed by atoms with Crippen LogP contribution in [0.4, 0.5) is 4.39 Å². The average Bonchev–Trinajstić information content (AvgIpc) is 2.28. The number of carbonyl (C=O) groups is 1. The summed E-state index contributed by atoms with van der Waals surface area (Å²) in [5.74, 6) is -0.237. The molecular formula is C14H17BrFNO. The fourth-order valence-corrected chi connectivity index (χ4v) is 2.91. The second-order valence-corrected chi connectivity index (χ2v) is 6.10. The zero-order valence-electron chi connectivity index (χ0n) is 10.2. The molecule has 1 aromatic rings. The number of carbonyl (C=O) groups excluding carboxylic acids is 1. The van der Waals surface area contributed by atoms with Gasteiger partial charge < -0.3 is 5.73 Å². The number of nitrogens with two attached hydrogens (primary N) is 1.